The predicted molar refractivity (Wildman–Crippen MR) is 77.5 cm³/mol. The highest BCUT2D eigenvalue weighted by molar-refractivity contribution is 9.09. The van der Waals surface area contributed by atoms with Gasteiger partial charge in [-0.3, -0.25) is 0 Å². The first-order chi connectivity index (χ1) is 8.67. The zero-order valence-corrected chi connectivity index (χ0v) is 13.9. The Morgan fingerprint density at radius 2 is 1.84 bits per heavy atom. The first-order valence-corrected chi connectivity index (χ1v) is 8.29. The Hall–Kier alpha value is 0.360. The number of alkyl halides is 1. The molecular weight excluding hydrogens is 308 g/mol. The first kappa shape index (κ1) is 14.3. The van der Waals surface area contributed by atoms with Gasteiger partial charge in [0.15, 0.2) is 0 Å². The molecule has 1 aliphatic carbocycles. The van der Waals surface area contributed by atoms with Crippen LogP contribution in [0.4, 0.5) is 0 Å². The van der Waals surface area contributed by atoms with Crippen molar-refractivity contribution in [2.75, 3.05) is 0 Å². The number of rotatable bonds is 0. The summed E-state index contributed by atoms with van der Waals surface area (Å²) in [5, 5.41) is 10.4. The molecule has 1 N–H and O–H groups in total. The summed E-state index contributed by atoms with van der Waals surface area (Å²) in [4.78, 5) is 0.288. The molecule has 3 heterocycles. The number of halogens is 1. The normalized spacial score (nSPS) is 56.5. The third-order valence-corrected chi connectivity index (χ3v) is 7.20. The minimum Gasteiger partial charge on any atom is -0.390 e. The Labute approximate surface area is 124 Å². The van der Waals surface area contributed by atoms with Crippen molar-refractivity contribution in [2.24, 2.45) is 5.92 Å². The molecule has 0 aromatic rings. The molecule has 4 aliphatic rings. The molecule has 3 nitrogen and oxygen atoms in total. The highest BCUT2D eigenvalue weighted by Gasteiger charge is 2.60. The molecule has 0 aromatic carbocycles. The molecule has 4 rings (SSSR count). The number of fused-ring (bicyclic) bond motifs is 2. The maximum absolute atomic E-state index is 10.4. The minimum atomic E-state index is -0.392. The largest absolute Gasteiger partial charge is 0.390 e. The van der Waals surface area contributed by atoms with Crippen LogP contribution in [0, 0.1) is 5.92 Å². The van der Waals surface area contributed by atoms with Crippen LogP contribution in [0.2, 0.25) is 0 Å². The van der Waals surface area contributed by atoms with Crippen molar-refractivity contribution in [3.63, 3.8) is 0 Å². The van der Waals surface area contributed by atoms with Crippen molar-refractivity contribution >= 4 is 15.9 Å². The average molecular weight is 333 g/mol. The number of ether oxygens (including phenoxy) is 2. The Kier molecular flexibility index (Phi) is 3.15. The lowest BCUT2D eigenvalue weighted by molar-refractivity contribution is -0.248. The number of aliphatic hydroxyl groups is 1. The molecule has 0 aromatic heterocycles. The van der Waals surface area contributed by atoms with Crippen LogP contribution in [0.1, 0.15) is 53.4 Å². The summed E-state index contributed by atoms with van der Waals surface area (Å²) in [5.74, 6) is 0.391. The van der Waals surface area contributed by atoms with Gasteiger partial charge in [-0.25, -0.2) is 0 Å². The quantitative estimate of drug-likeness (QED) is 0.693. The predicted octanol–water partition coefficient (Wildman–Crippen LogP) is 3.03. The van der Waals surface area contributed by atoms with E-state index in [0.717, 1.165) is 25.7 Å². The summed E-state index contributed by atoms with van der Waals surface area (Å²) in [6, 6.07) is 0. The van der Waals surface area contributed by atoms with Crippen LogP contribution < -0.4 is 0 Å². The van der Waals surface area contributed by atoms with Gasteiger partial charge < -0.3 is 14.6 Å². The summed E-state index contributed by atoms with van der Waals surface area (Å²) >= 11 is 3.75. The standard InChI is InChI=1S/C15H25BrO3/c1-13(2)10(16)8-12-15(4,19-13)9-5-6-14(3,18-12)11(17)7-9/h9-12,17H,5-8H2,1-4H3/t9-,10-,11+,12-,14+,15-/m1/s1. The maximum Gasteiger partial charge on any atom is 0.0952 e. The van der Waals surface area contributed by atoms with Crippen LogP contribution in [0.5, 0.6) is 0 Å². The Morgan fingerprint density at radius 3 is 2.47 bits per heavy atom. The summed E-state index contributed by atoms with van der Waals surface area (Å²) in [7, 11) is 0. The van der Waals surface area contributed by atoms with Gasteiger partial charge in [-0.1, -0.05) is 15.9 Å². The molecular formula is C15H25BrO3. The van der Waals surface area contributed by atoms with E-state index in [0.29, 0.717) is 5.92 Å². The highest BCUT2D eigenvalue weighted by atomic mass is 79.9. The van der Waals surface area contributed by atoms with E-state index in [1.54, 1.807) is 0 Å². The third-order valence-electron chi connectivity index (χ3n) is 5.72. The van der Waals surface area contributed by atoms with E-state index in [4.69, 9.17) is 9.47 Å². The van der Waals surface area contributed by atoms with E-state index in [1.807, 2.05) is 0 Å². The summed E-state index contributed by atoms with van der Waals surface area (Å²) in [6.45, 7) is 8.53. The molecule has 110 valence electrons. The highest BCUT2D eigenvalue weighted by Crippen LogP contribution is 2.54. The van der Waals surface area contributed by atoms with Crippen molar-refractivity contribution in [1.29, 1.82) is 0 Å². The third kappa shape index (κ3) is 2.02. The van der Waals surface area contributed by atoms with Crippen molar-refractivity contribution in [3.8, 4) is 0 Å². The molecule has 4 fully saturated rings. The fourth-order valence-electron chi connectivity index (χ4n) is 4.16. The van der Waals surface area contributed by atoms with Gasteiger partial charge in [-0.05, 0) is 59.3 Å². The van der Waals surface area contributed by atoms with Crippen molar-refractivity contribution < 1.29 is 14.6 Å². The first-order valence-electron chi connectivity index (χ1n) is 7.37. The second-order valence-electron chi connectivity index (χ2n) is 7.50. The summed E-state index contributed by atoms with van der Waals surface area (Å²) in [5.41, 5.74) is -0.859. The van der Waals surface area contributed by atoms with Crippen LogP contribution in [0.15, 0.2) is 0 Å². The van der Waals surface area contributed by atoms with Crippen molar-refractivity contribution in [2.45, 2.75) is 87.2 Å². The zero-order chi connectivity index (χ0) is 14.1. The molecule has 1 saturated carbocycles. The minimum absolute atomic E-state index is 0.0690. The molecule has 3 aliphatic heterocycles. The monoisotopic (exact) mass is 332 g/mol. The van der Waals surface area contributed by atoms with Crippen LogP contribution >= 0.6 is 15.9 Å². The lowest BCUT2D eigenvalue weighted by Crippen LogP contribution is -2.60. The number of aliphatic hydroxyl groups excluding tert-OH is 1. The SMILES string of the molecule is CC1(C)O[C@]2(C)[C@@H]3CC[C@](C)(O[C@@H]2C[C@H]1Br)[C@@H](O)C3. The van der Waals surface area contributed by atoms with Gasteiger partial charge >= 0.3 is 0 Å². The van der Waals surface area contributed by atoms with E-state index in [-0.39, 0.29) is 28.2 Å². The summed E-state index contributed by atoms with van der Waals surface area (Å²) < 4.78 is 12.9. The summed E-state index contributed by atoms with van der Waals surface area (Å²) in [6.07, 6.45) is 3.47. The van der Waals surface area contributed by atoms with Crippen molar-refractivity contribution in [3.05, 3.63) is 0 Å². The maximum atomic E-state index is 10.4. The Balaban J connectivity index is 1.99. The lowest BCUT2D eigenvalue weighted by Gasteiger charge is -2.52. The van der Waals surface area contributed by atoms with Gasteiger partial charge in [-0.2, -0.15) is 0 Å². The molecule has 4 heteroatoms. The molecule has 0 spiro atoms. The van der Waals surface area contributed by atoms with Gasteiger partial charge in [0, 0.05) is 4.83 Å². The number of hydrogen-bond donors (Lipinski definition) is 1. The molecule has 0 amide bonds. The smallest absolute Gasteiger partial charge is 0.0952 e. The molecule has 19 heavy (non-hydrogen) atoms. The second kappa shape index (κ2) is 4.19. The Bertz CT molecular complexity index is 386. The fraction of sp³-hybridized carbons (Fsp3) is 1.00. The number of hydrogen-bond acceptors (Lipinski definition) is 3. The topological polar surface area (TPSA) is 38.7 Å². The van der Waals surface area contributed by atoms with Gasteiger partial charge in [0.25, 0.3) is 0 Å². The van der Waals surface area contributed by atoms with Crippen LogP contribution in [-0.2, 0) is 9.47 Å². The molecule has 2 bridgehead atoms. The van der Waals surface area contributed by atoms with Crippen LogP contribution in [0.25, 0.3) is 0 Å². The van der Waals surface area contributed by atoms with Gasteiger partial charge in [0.2, 0.25) is 0 Å². The molecule has 0 radical (unpaired) electrons. The van der Waals surface area contributed by atoms with Gasteiger partial charge in [-0.15, -0.1) is 0 Å². The van der Waals surface area contributed by atoms with E-state index >= 15 is 0 Å². The van der Waals surface area contributed by atoms with Gasteiger partial charge in [0.05, 0.1) is 29.0 Å². The van der Waals surface area contributed by atoms with Gasteiger partial charge in [0.1, 0.15) is 0 Å². The van der Waals surface area contributed by atoms with Crippen molar-refractivity contribution in [1.82, 2.24) is 0 Å². The van der Waals surface area contributed by atoms with Crippen LogP contribution in [-0.4, -0.2) is 38.9 Å². The molecule has 0 unspecified atom stereocenters. The van der Waals surface area contributed by atoms with E-state index in [2.05, 4.69) is 43.6 Å². The lowest BCUT2D eigenvalue weighted by atomic mass is 9.70. The van der Waals surface area contributed by atoms with Crippen LogP contribution in [0.3, 0.4) is 0 Å². The fourth-order valence-corrected chi connectivity index (χ4v) is 4.59. The molecule has 6 atom stereocenters. The van der Waals surface area contributed by atoms with E-state index < -0.39 is 5.60 Å². The van der Waals surface area contributed by atoms with E-state index in [9.17, 15) is 5.11 Å². The van der Waals surface area contributed by atoms with E-state index in [1.165, 1.54) is 0 Å². The average Bonchev–Trinajstić information content (AvgIpc) is 2.42. The Morgan fingerprint density at radius 1 is 1.16 bits per heavy atom. The second-order valence-corrected chi connectivity index (χ2v) is 8.60. The zero-order valence-electron chi connectivity index (χ0n) is 12.3. The molecule has 3 saturated heterocycles.